The lowest BCUT2D eigenvalue weighted by Gasteiger charge is -2.22. The van der Waals surface area contributed by atoms with Crippen LogP contribution in [0.1, 0.15) is 22.3 Å². The first-order valence-corrected chi connectivity index (χ1v) is 10.5. The lowest BCUT2D eigenvalue weighted by molar-refractivity contribution is -0.118. The number of carbonyl (C=O) groups excluding carboxylic acids is 1. The maximum absolute atomic E-state index is 13.2. The molecular formula is C22H27Cl2N3OS. The number of hydrogen-bond acceptors (Lipinski definition) is 4. The number of nitrogens with zero attached hydrogens (tertiary/aromatic N) is 3. The van der Waals surface area contributed by atoms with Crippen molar-refractivity contribution in [2.75, 3.05) is 32.1 Å². The van der Waals surface area contributed by atoms with Crippen molar-refractivity contribution < 1.29 is 4.79 Å². The quantitative estimate of drug-likeness (QED) is 0.500. The molecule has 2 aromatic carbocycles. The number of benzene rings is 2. The Morgan fingerprint density at radius 2 is 1.83 bits per heavy atom. The second kappa shape index (κ2) is 9.90. The van der Waals surface area contributed by atoms with Gasteiger partial charge in [0, 0.05) is 18.1 Å². The molecule has 3 aromatic rings. The molecule has 0 spiro atoms. The van der Waals surface area contributed by atoms with Crippen molar-refractivity contribution in [1.82, 2.24) is 9.88 Å². The molecule has 1 aromatic heterocycles. The second-order valence-electron chi connectivity index (χ2n) is 7.47. The molecule has 1 amide bonds. The Hall–Kier alpha value is -1.66. The van der Waals surface area contributed by atoms with Crippen LogP contribution in [0.3, 0.4) is 0 Å². The van der Waals surface area contributed by atoms with E-state index in [1.807, 2.05) is 38.1 Å². The number of anilines is 1. The zero-order valence-electron chi connectivity index (χ0n) is 17.5. The van der Waals surface area contributed by atoms with Crippen molar-refractivity contribution in [2.24, 2.45) is 0 Å². The molecule has 0 atom stereocenters. The van der Waals surface area contributed by atoms with E-state index in [-0.39, 0.29) is 18.3 Å². The molecule has 0 aliphatic rings. The maximum atomic E-state index is 13.2. The van der Waals surface area contributed by atoms with Crippen molar-refractivity contribution >= 4 is 56.6 Å². The third-order valence-corrected chi connectivity index (χ3v) is 6.33. The Balaban J connectivity index is 0.00000300. The highest BCUT2D eigenvalue weighted by atomic mass is 35.5. The standard InChI is InChI=1S/C22H26ClN3OS.ClH/c1-14-6-7-17(15(2)12-14)13-20(27)26(11-10-25(4)5)22-24-21-16(3)18(23)8-9-19(21)28-22;/h6-9,12H,10-11,13H2,1-5H3;1H. The number of hydrogen-bond donors (Lipinski definition) is 0. The molecule has 0 fully saturated rings. The number of aryl methyl sites for hydroxylation is 3. The fraction of sp³-hybridized carbons (Fsp3) is 0.364. The van der Waals surface area contributed by atoms with E-state index in [2.05, 4.69) is 36.9 Å². The van der Waals surface area contributed by atoms with Gasteiger partial charge >= 0.3 is 0 Å². The first kappa shape index (κ1) is 23.6. The van der Waals surface area contributed by atoms with Gasteiger partial charge in [0.05, 0.1) is 16.6 Å². The van der Waals surface area contributed by atoms with Crippen LogP contribution in [0.4, 0.5) is 5.13 Å². The molecule has 7 heteroatoms. The van der Waals surface area contributed by atoms with Gasteiger partial charge in [-0.25, -0.2) is 4.98 Å². The van der Waals surface area contributed by atoms with Gasteiger partial charge in [-0.3, -0.25) is 9.69 Å². The first-order chi connectivity index (χ1) is 13.3. The highest BCUT2D eigenvalue weighted by molar-refractivity contribution is 7.22. The number of amides is 1. The smallest absolute Gasteiger partial charge is 0.233 e. The normalized spacial score (nSPS) is 11.0. The Morgan fingerprint density at radius 1 is 1.10 bits per heavy atom. The SMILES string of the molecule is Cc1ccc(CC(=O)N(CCN(C)C)c2nc3c(C)c(Cl)ccc3s2)c(C)c1.Cl. The molecule has 1 heterocycles. The van der Waals surface area contributed by atoms with Crippen molar-refractivity contribution in [3.05, 3.63) is 57.6 Å². The number of aromatic nitrogens is 1. The lowest BCUT2D eigenvalue weighted by Crippen LogP contribution is -2.37. The van der Waals surface area contributed by atoms with Gasteiger partial charge < -0.3 is 4.90 Å². The maximum Gasteiger partial charge on any atom is 0.233 e. The molecule has 4 nitrogen and oxygen atoms in total. The van der Waals surface area contributed by atoms with Crippen LogP contribution in [-0.2, 0) is 11.2 Å². The van der Waals surface area contributed by atoms with E-state index in [9.17, 15) is 4.79 Å². The zero-order chi connectivity index (χ0) is 20.4. The summed E-state index contributed by atoms with van der Waals surface area (Å²) in [7, 11) is 4.02. The third-order valence-electron chi connectivity index (χ3n) is 4.88. The minimum atomic E-state index is 0. The van der Waals surface area contributed by atoms with Crippen molar-refractivity contribution in [1.29, 1.82) is 0 Å². The molecule has 0 aliphatic carbocycles. The van der Waals surface area contributed by atoms with Gasteiger partial charge in [-0.1, -0.05) is 46.7 Å². The number of halogens is 2. The van der Waals surface area contributed by atoms with E-state index in [1.165, 1.54) is 5.56 Å². The fourth-order valence-corrected chi connectivity index (χ4v) is 4.35. The van der Waals surface area contributed by atoms with E-state index in [4.69, 9.17) is 16.6 Å². The van der Waals surface area contributed by atoms with E-state index in [0.29, 0.717) is 18.0 Å². The van der Waals surface area contributed by atoms with Gasteiger partial charge in [0.2, 0.25) is 5.91 Å². The average Bonchev–Trinajstić information content (AvgIpc) is 3.05. The molecule has 0 saturated carbocycles. The van der Waals surface area contributed by atoms with E-state index >= 15 is 0 Å². The van der Waals surface area contributed by atoms with Gasteiger partial charge in [-0.05, 0) is 63.7 Å². The van der Waals surface area contributed by atoms with Crippen LogP contribution in [-0.4, -0.2) is 43.0 Å². The van der Waals surface area contributed by atoms with Gasteiger partial charge in [-0.15, -0.1) is 12.4 Å². The molecule has 3 rings (SSSR count). The van der Waals surface area contributed by atoms with Gasteiger partial charge in [0.25, 0.3) is 0 Å². The minimum Gasteiger partial charge on any atom is -0.308 e. The lowest BCUT2D eigenvalue weighted by atomic mass is 10.0. The zero-order valence-corrected chi connectivity index (χ0v) is 19.8. The summed E-state index contributed by atoms with van der Waals surface area (Å²) in [5.74, 6) is 0.0663. The fourth-order valence-electron chi connectivity index (χ4n) is 3.13. The predicted molar refractivity (Wildman–Crippen MR) is 127 cm³/mol. The predicted octanol–water partition coefficient (Wildman–Crippen LogP) is 5.43. The topological polar surface area (TPSA) is 36.4 Å². The number of likely N-dealkylation sites (N-methyl/N-ethyl adjacent to an activating group) is 1. The Labute approximate surface area is 187 Å². The largest absolute Gasteiger partial charge is 0.308 e. The summed E-state index contributed by atoms with van der Waals surface area (Å²) in [5, 5.41) is 1.43. The number of fused-ring (bicyclic) bond motifs is 1. The van der Waals surface area contributed by atoms with Crippen LogP contribution in [0.2, 0.25) is 5.02 Å². The first-order valence-electron chi connectivity index (χ1n) is 9.33. The van der Waals surface area contributed by atoms with E-state index < -0.39 is 0 Å². The molecular weight excluding hydrogens is 425 g/mol. The number of rotatable bonds is 6. The molecule has 0 bridgehead atoms. The van der Waals surface area contributed by atoms with Gasteiger partial charge in [0.1, 0.15) is 0 Å². The van der Waals surface area contributed by atoms with Crippen LogP contribution in [0.5, 0.6) is 0 Å². The van der Waals surface area contributed by atoms with E-state index in [0.717, 1.165) is 38.6 Å². The summed E-state index contributed by atoms with van der Waals surface area (Å²) in [4.78, 5) is 21.9. The Morgan fingerprint density at radius 3 is 2.48 bits per heavy atom. The molecule has 0 unspecified atom stereocenters. The van der Waals surface area contributed by atoms with Crippen molar-refractivity contribution in [2.45, 2.75) is 27.2 Å². The number of carbonyl (C=O) groups is 1. The molecule has 0 aliphatic heterocycles. The van der Waals surface area contributed by atoms with Crippen LogP contribution >= 0.6 is 35.3 Å². The molecule has 0 radical (unpaired) electrons. The summed E-state index contributed by atoms with van der Waals surface area (Å²) in [5.41, 5.74) is 5.24. The molecule has 0 N–H and O–H groups in total. The number of thiazole rings is 1. The van der Waals surface area contributed by atoms with Crippen molar-refractivity contribution in [3.63, 3.8) is 0 Å². The highest BCUT2D eigenvalue weighted by Gasteiger charge is 2.21. The summed E-state index contributed by atoms with van der Waals surface area (Å²) < 4.78 is 1.05. The highest BCUT2D eigenvalue weighted by Crippen LogP contribution is 2.33. The van der Waals surface area contributed by atoms with Crippen molar-refractivity contribution in [3.8, 4) is 0 Å². The van der Waals surface area contributed by atoms with E-state index in [1.54, 1.807) is 11.3 Å². The summed E-state index contributed by atoms with van der Waals surface area (Å²) in [6.07, 6.45) is 0.370. The van der Waals surface area contributed by atoms with Crippen LogP contribution in [0.15, 0.2) is 30.3 Å². The van der Waals surface area contributed by atoms with Crippen LogP contribution < -0.4 is 4.90 Å². The molecule has 156 valence electrons. The summed E-state index contributed by atoms with van der Waals surface area (Å²) in [6.45, 7) is 7.47. The minimum absolute atomic E-state index is 0. The molecule has 29 heavy (non-hydrogen) atoms. The second-order valence-corrected chi connectivity index (χ2v) is 8.89. The van der Waals surface area contributed by atoms with Crippen LogP contribution in [0, 0.1) is 20.8 Å². The van der Waals surface area contributed by atoms with Gasteiger partial charge in [0.15, 0.2) is 5.13 Å². The summed E-state index contributed by atoms with van der Waals surface area (Å²) >= 11 is 7.80. The Bertz CT molecular complexity index is 1020. The summed E-state index contributed by atoms with van der Waals surface area (Å²) in [6, 6.07) is 10.1. The Kier molecular flexibility index (Phi) is 8.06. The van der Waals surface area contributed by atoms with Gasteiger partial charge in [-0.2, -0.15) is 0 Å². The molecule has 0 saturated heterocycles. The third kappa shape index (κ3) is 5.48. The van der Waals surface area contributed by atoms with Crippen LogP contribution in [0.25, 0.3) is 10.2 Å². The average molecular weight is 452 g/mol. The monoisotopic (exact) mass is 451 g/mol.